The van der Waals surface area contributed by atoms with Gasteiger partial charge in [-0.05, 0) is 6.07 Å². The van der Waals surface area contributed by atoms with Crippen LogP contribution in [0.5, 0.6) is 5.75 Å². The molecule has 1 aliphatic heterocycles. The van der Waals surface area contributed by atoms with E-state index < -0.39 is 19.7 Å². The molecule has 0 aliphatic carbocycles. The van der Waals surface area contributed by atoms with E-state index in [1.54, 1.807) is 0 Å². The van der Waals surface area contributed by atoms with Crippen LogP contribution in [0.25, 0.3) is 0 Å². The first-order valence-electron chi connectivity index (χ1n) is 6.30. The lowest BCUT2D eigenvalue weighted by Gasteiger charge is -2.04. The van der Waals surface area contributed by atoms with Crippen molar-refractivity contribution in [3.8, 4) is 5.75 Å². The molecule has 0 spiro atoms. The highest BCUT2D eigenvalue weighted by molar-refractivity contribution is 6.61. The van der Waals surface area contributed by atoms with Crippen molar-refractivity contribution in [3.05, 3.63) is 18.0 Å². The van der Waals surface area contributed by atoms with Crippen LogP contribution in [-0.2, 0) is 16.1 Å². The van der Waals surface area contributed by atoms with Gasteiger partial charge in [0.25, 0.3) is 0 Å². The van der Waals surface area contributed by atoms with E-state index in [4.69, 9.17) is 14.5 Å². The van der Waals surface area contributed by atoms with Crippen LogP contribution in [0.1, 0.15) is 33.4 Å². The number of ether oxygens (including phenoxy) is 1. The summed E-state index contributed by atoms with van der Waals surface area (Å²) in [4.78, 5) is 14.2. The fourth-order valence-corrected chi connectivity index (χ4v) is 1.30. The summed E-state index contributed by atoms with van der Waals surface area (Å²) in [7, 11) is -0.999. The van der Waals surface area contributed by atoms with Crippen molar-refractivity contribution in [3.63, 3.8) is 0 Å². The number of hydrogen-bond donors (Lipinski definition) is 2. The van der Waals surface area contributed by atoms with E-state index in [0.717, 1.165) is 0 Å². The summed E-state index contributed by atoms with van der Waals surface area (Å²) in [5, 5.41) is 17.7. The van der Waals surface area contributed by atoms with E-state index in [0.29, 0.717) is 16.9 Å². The molecular weight excluding hydrogens is 249 g/mol. The Morgan fingerprint density at radius 2 is 2.11 bits per heavy atom. The van der Waals surface area contributed by atoms with Crippen LogP contribution in [0.15, 0.2) is 12.3 Å². The van der Waals surface area contributed by atoms with E-state index in [1.165, 1.54) is 12.3 Å². The first-order valence-corrected chi connectivity index (χ1v) is 6.30. The van der Waals surface area contributed by atoms with Gasteiger partial charge in [0.15, 0.2) is 6.61 Å². The Labute approximate surface area is 113 Å². The van der Waals surface area contributed by atoms with Gasteiger partial charge in [0.2, 0.25) is 0 Å². The first-order chi connectivity index (χ1) is 9.16. The van der Waals surface area contributed by atoms with Crippen LogP contribution in [0.3, 0.4) is 0 Å². The van der Waals surface area contributed by atoms with Gasteiger partial charge in [0.05, 0.1) is 18.5 Å². The molecule has 0 bridgehead atoms. The second-order valence-electron chi connectivity index (χ2n) is 3.05. The minimum Gasteiger partial charge on any atom is -0.480 e. The fraction of sp³-hybridized carbons (Fsp3) is 0.500. The Bertz CT molecular complexity index is 400. The molecule has 0 saturated carbocycles. The number of aliphatic carboxylic acids is 1. The molecule has 0 aromatic carbocycles. The zero-order chi connectivity index (χ0) is 14.8. The number of nitrogens with zero attached hydrogens (tertiary/aromatic N) is 1. The Kier molecular flexibility index (Phi) is 8.57. The van der Waals surface area contributed by atoms with Crippen LogP contribution in [0, 0.1) is 0 Å². The monoisotopic (exact) mass is 269 g/mol. The summed E-state index contributed by atoms with van der Waals surface area (Å²) < 4.78 is 9.84. The highest BCUT2D eigenvalue weighted by atomic mass is 16.5. The number of aromatic nitrogens is 1. The van der Waals surface area contributed by atoms with Gasteiger partial charge >= 0.3 is 13.1 Å². The van der Waals surface area contributed by atoms with E-state index in [1.807, 2.05) is 27.7 Å². The minimum atomic E-state index is -1.06. The smallest absolute Gasteiger partial charge is 0.480 e. The number of hydrogen-bond acceptors (Lipinski definition) is 5. The lowest BCUT2D eigenvalue weighted by atomic mass is 9.81. The normalized spacial score (nSPS) is 11.5. The quantitative estimate of drug-likeness (QED) is 0.789. The third-order valence-electron chi connectivity index (χ3n) is 1.98. The summed E-state index contributed by atoms with van der Waals surface area (Å²) in [6.45, 7) is 7.83. The third-order valence-corrected chi connectivity index (χ3v) is 1.98. The van der Waals surface area contributed by atoms with Crippen LogP contribution in [0.2, 0.25) is 0 Å². The average Bonchev–Trinajstić information content (AvgIpc) is 2.82. The number of rotatable bonds is 3. The highest BCUT2D eigenvalue weighted by Crippen LogP contribution is 2.13. The number of pyridine rings is 1. The molecule has 2 N–H and O–H groups in total. The van der Waals surface area contributed by atoms with Gasteiger partial charge < -0.3 is 19.5 Å². The molecule has 0 unspecified atom stereocenters. The van der Waals surface area contributed by atoms with Crippen molar-refractivity contribution in [1.82, 2.24) is 4.98 Å². The van der Waals surface area contributed by atoms with Crippen molar-refractivity contribution < 1.29 is 24.3 Å². The summed E-state index contributed by atoms with van der Waals surface area (Å²) in [6.07, 6.45) is 1.41. The highest BCUT2D eigenvalue weighted by Gasteiger charge is 2.28. The second-order valence-corrected chi connectivity index (χ2v) is 3.05. The van der Waals surface area contributed by atoms with Crippen LogP contribution < -0.4 is 10.2 Å². The lowest BCUT2D eigenvalue weighted by molar-refractivity contribution is -0.139. The molecule has 6 nitrogen and oxygen atoms in total. The maximum atomic E-state index is 10.3. The molecule has 1 aromatic rings. The number of fused-ring (bicyclic) bond motifs is 1. The predicted molar refractivity (Wildman–Crippen MR) is 72.5 cm³/mol. The van der Waals surface area contributed by atoms with Gasteiger partial charge in [-0.25, -0.2) is 4.79 Å². The molecule has 0 saturated heterocycles. The average molecular weight is 269 g/mol. The second kappa shape index (κ2) is 9.35. The first kappa shape index (κ1) is 17.4. The Balaban J connectivity index is 0.000000741. The van der Waals surface area contributed by atoms with Crippen LogP contribution in [0.4, 0.5) is 0 Å². The fourth-order valence-electron chi connectivity index (χ4n) is 1.30. The number of carboxylic acids is 1. The molecule has 1 aliphatic rings. The zero-order valence-corrected chi connectivity index (χ0v) is 11.7. The Morgan fingerprint density at radius 1 is 1.47 bits per heavy atom. The Hall–Kier alpha value is -1.60. The van der Waals surface area contributed by atoms with Crippen molar-refractivity contribution >= 4 is 18.6 Å². The summed E-state index contributed by atoms with van der Waals surface area (Å²) in [6, 6.07) is 1.53. The van der Waals surface area contributed by atoms with Crippen molar-refractivity contribution in [2.45, 2.75) is 34.3 Å². The summed E-state index contributed by atoms with van der Waals surface area (Å²) in [5.74, 6) is -0.756. The SMILES string of the molecule is CC.CC.O=C(O)COc1cnc2c(c1)B(O)OC2. The lowest BCUT2D eigenvalue weighted by Crippen LogP contribution is -2.28. The van der Waals surface area contributed by atoms with E-state index in [9.17, 15) is 9.82 Å². The molecule has 19 heavy (non-hydrogen) atoms. The number of carbonyl (C=O) groups is 1. The van der Waals surface area contributed by atoms with E-state index in [-0.39, 0.29) is 6.61 Å². The van der Waals surface area contributed by atoms with Gasteiger partial charge in [-0.2, -0.15) is 0 Å². The molecule has 7 heteroatoms. The maximum Gasteiger partial charge on any atom is 0.493 e. The molecular formula is C12H20BNO5. The van der Waals surface area contributed by atoms with Crippen molar-refractivity contribution in [1.29, 1.82) is 0 Å². The van der Waals surface area contributed by atoms with Crippen molar-refractivity contribution in [2.75, 3.05) is 6.61 Å². The van der Waals surface area contributed by atoms with Crippen molar-refractivity contribution in [2.24, 2.45) is 0 Å². The minimum absolute atomic E-state index is 0.260. The topological polar surface area (TPSA) is 88.9 Å². The molecule has 2 rings (SSSR count). The molecule has 0 fully saturated rings. The van der Waals surface area contributed by atoms with Gasteiger partial charge in [-0.1, -0.05) is 27.7 Å². The largest absolute Gasteiger partial charge is 0.493 e. The van der Waals surface area contributed by atoms with Gasteiger partial charge in [-0.15, -0.1) is 0 Å². The van der Waals surface area contributed by atoms with E-state index >= 15 is 0 Å². The van der Waals surface area contributed by atoms with Gasteiger partial charge in [-0.3, -0.25) is 4.98 Å². The van der Waals surface area contributed by atoms with Crippen LogP contribution in [-0.4, -0.2) is 34.8 Å². The zero-order valence-electron chi connectivity index (χ0n) is 11.7. The summed E-state index contributed by atoms with van der Waals surface area (Å²) in [5.41, 5.74) is 1.17. The Morgan fingerprint density at radius 3 is 2.68 bits per heavy atom. The summed E-state index contributed by atoms with van der Waals surface area (Å²) >= 11 is 0. The molecule has 0 atom stereocenters. The standard InChI is InChI=1S/C8H8BNO5.2C2H6/c11-8(12)4-14-5-1-6-7(10-2-5)3-15-9(6)13;2*1-2/h1-2,13H,3-4H2,(H,11,12);2*1-2H3. The van der Waals surface area contributed by atoms with Gasteiger partial charge in [0, 0.05) is 5.46 Å². The molecule has 106 valence electrons. The molecule has 1 aromatic heterocycles. The van der Waals surface area contributed by atoms with E-state index in [2.05, 4.69) is 4.98 Å². The molecule has 0 amide bonds. The third kappa shape index (κ3) is 5.27. The maximum absolute atomic E-state index is 10.3. The predicted octanol–water partition coefficient (Wildman–Crippen LogP) is 0.815. The van der Waals surface area contributed by atoms with Crippen LogP contribution >= 0.6 is 0 Å². The number of carboxylic acid groups (broad SMARTS) is 1. The van der Waals surface area contributed by atoms with Gasteiger partial charge in [0.1, 0.15) is 5.75 Å². The molecule has 0 radical (unpaired) electrons. The molecule has 2 heterocycles.